The highest BCUT2D eigenvalue weighted by molar-refractivity contribution is 5.79. The van der Waals surface area contributed by atoms with Crippen LogP contribution in [0.25, 0.3) is 0 Å². The molecular weight excluding hydrogens is 180 g/mol. The number of hydrogen-bond acceptors (Lipinski definition) is 4. The van der Waals surface area contributed by atoms with Gasteiger partial charge in [-0.2, -0.15) is 0 Å². The Morgan fingerprint density at radius 1 is 1.64 bits per heavy atom. The molecule has 2 N–H and O–H groups in total. The zero-order valence-corrected chi connectivity index (χ0v) is 7.77. The fourth-order valence-corrected chi connectivity index (χ4v) is 1.24. The Morgan fingerprint density at radius 2 is 2.43 bits per heavy atom. The van der Waals surface area contributed by atoms with Gasteiger partial charge in [0.1, 0.15) is 0 Å². The van der Waals surface area contributed by atoms with Gasteiger partial charge in [0.25, 0.3) is 0 Å². The van der Waals surface area contributed by atoms with Crippen molar-refractivity contribution in [1.82, 2.24) is 4.98 Å². The van der Waals surface area contributed by atoms with Crippen LogP contribution in [0.1, 0.15) is 28.9 Å². The molecule has 0 aromatic carbocycles. The Morgan fingerprint density at radius 3 is 3.00 bits per heavy atom. The summed E-state index contributed by atoms with van der Waals surface area (Å²) in [7, 11) is 0. The van der Waals surface area contributed by atoms with E-state index in [1.165, 1.54) is 0 Å². The van der Waals surface area contributed by atoms with Crippen molar-refractivity contribution in [2.75, 3.05) is 0 Å². The molecule has 1 fully saturated rings. The average molecular weight is 192 g/mol. The topological polar surface area (TPSA) is 65.2 Å². The maximum atomic E-state index is 10.7. The zero-order chi connectivity index (χ0) is 9.97. The number of nitrogens with two attached hydrogens (primary N) is 1. The van der Waals surface area contributed by atoms with Crippen molar-refractivity contribution in [3.8, 4) is 5.75 Å². The van der Waals surface area contributed by atoms with Crippen LogP contribution in [0.5, 0.6) is 5.75 Å². The van der Waals surface area contributed by atoms with E-state index in [9.17, 15) is 4.79 Å². The van der Waals surface area contributed by atoms with E-state index >= 15 is 0 Å². The van der Waals surface area contributed by atoms with Crippen LogP contribution < -0.4 is 10.5 Å². The van der Waals surface area contributed by atoms with E-state index in [-0.39, 0.29) is 6.10 Å². The van der Waals surface area contributed by atoms with Crippen molar-refractivity contribution >= 4 is 6.29 Å². The van der Waals surface area contributed by atoms with Gasteiger partial charge in [-0.05, 0) is 18.9 Å². The smallest absolute Gasteiger partial charge is 0.153 e. The summed E-state index contributed by atoms with van der Waals surface area (Å²) in [5.41, 5.74) is 6.70. The Kier molecular flexibility index (Phi) is 2.45. The lowest BCUT2D eigenvalue weighted by atomic mass is 10.2. The van der Waals surface area contributed by atoms with Crippen molar-refractivity contribution in [2.45, 2.75) is 25.5 Å². The molecule has 2 rings (SSSR count). The van der Waals surface area contributed by atoms with Crippen LogP contribution in [0.3, 0.4) is 0 Å². The Bertz CT molecular complexity index is 348. The van der Waals surface area contributed by atoms with Gasteiger partial charge in [0.05, 0.1) is 17.4 Å². The van der Waals surface area contributed by atoms with Crippen molar-refractivity contribution in [1.29, 1.82) is 0 Å². The number of rotatable bonds is 4. The summed E-state index contributed by atoms with van der Waals surface area (Å²) < 4.78 is 5.60. The summed E-state index contributed by atoms with van der Waals surface area (Å²) in [6.45, 7) is 0.295. The first-order valence-corrected chi connectivity index (χ1v) is 4.65. The largest absolute Gasteiger partial charge is 0.488 e. The molecular formula is C10H12N2O2. The van der Waals surface area contributed by atoms with Gasteiger partial charge in [-0.15, -0.1) is 0 Å². The predicted molar refractivity (Wildman–Crippen MR) is 51.2 cm³/mol. The summed E-state index contributed by atoms with van der Waals surface area (Å²) in [4.78, 5) is 14.8. The fourth-order valence-electron chi connectivity index (χ4n) is 1.24. The first-order chi connectivity index (χ1) is 6.85. The van der Waals surface area contributed by atoms with E-state index in [4.69, 9.17) is 10.5 Å². The van der Waals surface area contributed by atoms with E-state index in [0.29, 0.717) is 23.6 Å². The zero-order valence-electron chi connectivity index (χ0n) is 7.77. The quantitative estimate of drug-likeness (QED) is 0.719. The molecule has 0 unspecified atom stereocenters. The van der Waals surface area contributed by atoms with E-state index in [0.717, 1.165) is 19.1 Å². The molecule has 0 atom stereocenters. The second-order valence-electron chi connectivity index (χ2n) is 3.32. The fraction of sp³-hybridized carbons (Fsp3) is 0.400. The van der Waals surface area contributed by atoms with Gasteiger partial charge < -0.3 is 10.5 Å². The van der Waals surface area contributed by atoms with Crippen molar-refractivity contribution in [3.05, 3.63) is 23.5 Å². The molecule has 74 valence electrons. The number of aldehydes is 1. The molecule has 0 amide bonds. The van der Waals surface area contributed by atoms with E-state index < -0.39 is 0 Å². The highest BCUT2D eigenvalue weighted by atomic mass is 16.5. The van der Waals surface area contributed by atoms with Crippen LogP contribution in [-0.4, -0.2) is 17.4 Å². The van der Waals surface area contributed by atoms with Gasteiger partial charge in [-0.3, -0.25) is 9.78 Å². The standard InChI is InChI=1S/C10H12N2O2/c11-5-9-10(14-8-1-2-8)7(6-13)3-4-12-9/h3-4,6,8H,1-2,5,11H2. The summed E-state index contributed by atoms with van der Waals surface area (Å²) in [5, 5.41) is 0. The third-order valence-electron chi connectivity index (χ3n) is 2.14. The maximum Gasteiger partial charge on any atom is 0.153 e. The van der Waals surface area contributed by atoms with Gasteiger partial charge in [0, 0.05) is 12.7 Å². The van der Waals surface area contributed by atoms with Gasteiger partial charge in [0.2, 0.25) is 0 Å². The van der Waals surface area contributed by atoms with Crippen LogP contribution in [0.15, 0.2) is 12.3 Å². The van der Waals surface area contributed by atoms with E-state index in [1.807, 2.05) is 0 Å². The number of ether oxygens (including phenoxy) is 1. The summed E-state index contributed by atoms with van der Waals surface area (Å²) in [6, 6.07) is 1.64. The maximum absolute atomic E-state index is 10.7. The highest BCUT2D eigenvalue weighted by Crippen LogP contribution is 2.30. The second-order valence-corrected chi connectivity index (χ2v) is 3.32. The van der Waals surface area contributed by atoms with Crippen LogP contribution in [0.4, 0.5) is 0 Å². The molecule has 1 aliphatic rings. The lowest BCUT2D eigenvalue weighted by molar-refractivity contribution is 0.111. The van der Waals surface area contributed by atoms with Gasteiger partial charge in [-0.25, -0.2) is 0 Å². The van der Waals surface area contributed by atoms with Crippen LogP contribution in [-0.2, 0) is 6.54 Å². The van der Waals surface area contributed by atoms with Crippen LogP contribution >= 0.6 is 0 Å². The third kappa shape index (κ3) is 1.75. The van der Waals surface area contributed by atoms with E-state index in [2.05, 4.69) is 4.98 Å². The minimum Gasteiger partial charge on any atom is -0.488 e. The molecule has 14 heavy (non-hydrogen) atoms. The number of carbonyl (C=O) groups excluding carboxylic acids is 1. The molecule has 1 aromatic heterocycles. The predicted octanol–water partition coefficient (Wildman–Crippen LogP) is 0.894. The molecule has 1 aliphatic carbocycles. The monoisotopic (exact) mass is 192 g/mol. The second kappa shape index (κ2) is 3.75. The highest BCUT2D eigenvalue weighted by Gasteiger charge is 2.25. The Hall–Kier alpha value is -1.42. The third-order valence-corrected chi connectivity index (χ3v) is 2.14. The summed E-state index contributed by atoms with van der Waals surface area (Å²) in [5.74, 6) is 0.563. The normalized spacial score (nSPS) is 15.2. The number of carbonyl (C=O) groups is 1. The summed E-state index contributed by atoms with van der Waals surface area (Å²) in [6.07, 6.45) is 4.71. The molecule has 0 spiro atoms. The van der Waals surface area contributed by atoms with E-state index in [1.54, 1.807) is 12.3 Å². The molecule has 1 saturated carbocycles. The lowest BCUT2D eigenvalue weighted by Crippen LogP contribution is -2.08. The molecule has 4 heteroatoms. The molecule has 0 bridgehead atoms. The summed E-state index contributed by atoms with van der Waals surface area (Å²) >= 11 is 0. The SMILES string of the molecule is NCc1nccc(C=O)c1OC1CC1. The van der Waals surface area contributed by atoms with Crippen LogP contribution in [0, 0.1) is 0 Å². The first-order valence-electron chi connectivity index (χ1n) is 4.65. The molecule has 1 aromatic rings. The molecule has 1 heterocycles. The minimum absolute atomic E-state index is 0.253. The van der Waals surface area contributed by atoms with Crippen molar-refractivity contribution in [2.24, 2.45) is 5.73 Å². The van der Waals surface area contributed by atoms with Crippen LogP contribution in [0.2, 0.25) is 0 Å². The lowest BCUT2D eigenvalue weighted by Gasteiger charge is -2.10. The Balaban J connectivity index is 2.33. The van der Waals surface area contributed by atoms with Gasteiger partial charge >= 0.3 is 0 Å². The minimum atomic E-state index is 0.253. The number of pyridine rings is 1. The molecule has 0 saturated heterocycles. The Labute approximate surface area is 82.1 Å². The van der Waals surface area contributed by atoms with Gasteiger partial charge in [-0.1, -0.05) is 0 Å². The molecule has 4 nitrogen and oxygen atoms in total. The number of nitrogens with zero attached hydrogens (tertiary/aromatic N) is 1. The molecule has 0 aliphatic heterocycles. The average Bonchev–Trinajstić information content (AvgIpc) is 3.02. The van der Waals surface area contributed by atoms with Crippen molar-refractivity contribution < 1.29 is 9.53 Å². The van der Waals surface area contributed by atoms with Crippen molar-refractivity contribution in [3.63, 3.8) is 0 Å². The number of hydrogen-bond donors (Lipinski definition) is 1. The first kappa shape index (κ1) is 9.15. The van der Waals surface area contributed by atoms with Gasteiger partial charge in [0.15, 0.2) is 12.0 Å². The molecule has 0 radical (unpaired) electrons. The number of aromatic nitrogens is 1.